The minimum Gasteiger partial charge on any atom is -0.468 e. The SMILES string of the molecule is CN(CCO)C(=O)c1ccc(OCC(F)(F)F)nc1. The van der Waals surface area contributed by atoms with Crippen molar-refractivity contribution in [2.75, 3.05) is 26.8 Å². The third-order valence-corrected chi connectivity index (χ3v) is 2.15. The van der Waals surface area contributed by atoms with Gasteiger partial charge in [-0.3, -0.25) is 4.79 Å². The second kappa shape index (κ2) is 6.37. The molecular weight excluding hydrogens is 265 g/mol. The van der Waals surface area contributed by atoms with Crippen LogP contribution in [0.15, 0.2) is 18.3 Å². The maximum absolute atomic E-state index is 11.9. The van der Waals surface area contributed by atoms with Crippen molar-refractivity contribution < 1.29 is 27.8 Å². The normalized spacial score (nSPS) is 11.2. The number of ether oxygens (including phenoxy) is 1. The van der Waals surface area contributed by atoms with E-state index in [0.717, 1.165) is 6.20 Å². The molecule has 0 saturated carbocycles. The van der Waals surface area contributed by atoms with Gasteiger partial charge in [-0.05, 0) is 6.07 Å². The fraction of sp³-hybridized carbons (Fsp3) is 0.455. The number of likely N-dealkylation sites (N-methyl/N-ethyl adjacent to an activating group) is 1. The highest BCUT2D eigenvalue weighted by molar-refractivity contribution is 5.93. The van der Waals surface area contributed by atoms with Crippen LogP contribution in [0, 0.1) is 0 Å². The Labute approximate surface area is 107 Å². The van der Waals surface area contributed by atoms with E-state index in [4.69, 9.17) is 5.11 Å². The fourth-order valence-electron chi connectivity index (χ4n) is 1.22. The molecule has 5 nitrogen and oxygen atoms in total. The monoisotopic (exact) mass is 278 g/mol. The number of hydrogen-bond acceptors (Lipinski definition) is 4. The number of amides is 1. The molecular formula is C11H13F3N2O3. The molecule has 8 heteroatoms. The van der Waals surface area contributed by atoms with Crippen molar-refractivity contribution in [2.45, 2.75) is 6.18 Å². The van der Waals surface area contributed by atoms with Crippen LogP contribution < -0.4 is 4.74 Å². The largest absolute Gasteiger partial charge is 0.468 e. The molecule has 19 heavy (non-hydrogen) atoms. The topological polar surface area (TPSA) is 62.7 Å². The molecule has 1 aromatic rings. The quantitative estimate of drug-likeness (QED) is 0.875. The van der Waals surface area contributed by atoms with Crippen LogP contribution in [0.2, 0.25) is 0 Å². The van der Waals surface area contributed by atoms with Crippen LogP contribution in [0.4, 0.5) is 13.2 Å². The molecule has 0 aliphatic heterocycles. The van der Waals surface area contributed by atoms with Crippen molar-refractivity contribution in [3.63, 3.8) is 0 Å². The third kappa shape index (κ3) is 5.12. The van der Waals surface area contributed by atoms with E-state index in [0.29, 0.717) is 0 Å². The van der Waals surface area contributed by atoms with Gasteiger partial charge in [0, 0.05) is 25.9 Å². The fourth-order valence-corrected chi connectivity index (χ4v) is 1.22. The van der Waals surface area contributed by atoms with E-state index in [9.17, 15) is 18.0 Å². The van der Waals surface area contributed by atoms with Gasteiger partial charge in [-0.25, -0.2) is 4.98 Å². The van der Waals surface area contributed by atoms with Crippen LogP contribution in [-0.2, 0) is 0 Å². The highest BCUT2D eigenvalue weighted by Gasteiger charge is 2.28. The molecule has 0 unspecified atom stereocenters. The molecule has 106 valence electrons. The smallest absolute Gasteiger partial charge is 0.422 e. The average Bonchev–Trinajstić information content (AvgIpc) is 2.35. The number of rotatable bonds is 5. The lowest BCUT2D eigenvalue weighted by molar-refractivity contribution is -0.154. The zero-order chi connectivity index (χ0) is 14.5. The molecule has 0 fully saturated rings. The summed E-state index contributed by atoms with van der Waals surface area (Å²) in [7, 11) is 1.49. The first-order valence-corrected chi connectivity index (χ1v) is 5.35. The van der Waals surface area contributed by atoms with E-state index >= 15 is 0 Å². The van der Waals surface area contributed by atoms with Crippen LogP contribution >= 0.6 is 0 Å². The van der Waals surface area contributed by atoms with E-state index in [1.54, 1.807) is 0 Å². The summed E-state index contributed by atoms with van der Waals surface area (Å²) in [5.41, 5.74) is 0.204. The summed E-state index contributed by atoms with van der Waals surface area (Å²) in [5.74, 6) is -0.595. The number of carbonyl (C=O) groups excluding carboxylic acids is 1. The summed E-state index contributed by atoms with van der Waals surface area (Å²) in [4.78, 5) is 16.6. The van der Waals surface area contributed by atoms with Crippen LogP contribution in [0.3, 0.4) is 0 Å². The van der Waals surface area contributed by atoms with Crippen molar-refractivity contribution >= 4 is 5.91 Å². The molecule has 1 N–H and O–H groups in total. The maximum Gasteiger partial charge on any atom is 0.422 e. The second-order valence-electron chi connectivity index (χ2n) is 3.74. The van der Waals surface area contributed by atoms with Crippen LogP contribution in [0.1, 0.15) is 10.4 Å². The summed E-state index contributed by atoms with van der Waals surface area (Å²) in [6, 6.07) is 2.50. The van der Waals surface area contributed by atoms with E-state index in [-0.39, 0.29) is 30.5 Å². The molecule has 1 amide bonds. The van der Waals surface area contributed by atoms with Gasteiger partial charge in [0.2, 0.25) is 5.88 Å². The summed E-state index contributed by atoms with van der Waals surface area (Å²) >= 11 is 0. The van der Waals surface area contributed by atoms with Gasteiger partial charge in [-0.1, -0.05) is 0 Å². The molecule has 1 rings (SSSR count). The number of carbonyl (C=O) groups is 1. The number of pyridine rings is 1. The highest BCUT2D eigenvalue weighted by atomic mass is 19.4. The van der Waals surface area contributed by atoms with Gasteiger partial charge >= 0.3 is 6.18 Å². The standard InChI is InChI=1S/C11H13F3N2O3/c1-16(4-5-17)10(18)8-2-3-9(15-6-8)19-7-11(12,13)14/h2-3,6,17H,4-5,7H2,1H3. The first-order chi connectivity index (χ1) is 8.83. The van der Waals surface area contributed by atoms with Crippen molar-refractivity contribution in [2.24, 2.45) is 0 Å². The Morgan fingerprint density at radius 1 is 1.47 bits per heavy atom. The van der Waals surface area contributed by atoms with Gasteiger partial charge in [0.05, 0.1) is 12.2 Å². The lowest BCUT2D eigenvalue weighted by Gasteiger charge is -2.15. The predicted molar refractivity (Wildman–Crippen MR) is 59.8 cm³/mol. The molecule has 0 aliphatic rings. The summed E-state index contributed by atoms with van der Waals surface area (Å²) in [6.07, 6.45) is -3.31. The number of aliphatic hydroxyl groups is 1. The highest BCUT2D eigenvalue weighted by Crippen LogP contribution is 2.17. The van der Waals surface area contributed by atoms with Gasteiger partial charge in [-0.2, -0.15) is 13.2 Å². The molecule has 0 radical (unpaired) electrons. The van der Waals surface area contributed by atoms with Crippen LogP contribution in [0.5, 0.6) is 5.88 Å². The van der Waals surface area contributed by atoms with Crippen LogP contribution in [0.25, 0.3) is 0 Å². The summed E-state index contributed by atoms with van der Waals surface area (Å²) < 4.78 is 40.1. The lowest BCUT2D eigenvalue weighted by Crippen LogP contribution is -2.29. The number of aliphatic hydroxyl groups excluding tert-OH is 1. The van der Waals surface area contributed by atoms with Crippen molar-refractivity contribution in [1.82, 2.24) is 9.88 Å². The first kappa shape index (κ1) is 15.2. The van der Waals surface area contributed by atoms with E-state index < -0.39 is 12.8 Å². The molecule has 1 aromatic heterocycles. The van der Waals surface area contributed by atoms with Gasteiger partial charge in [0.25, 0.3) is 5.91 Å². The zero-order valence-electron chi connectivity index (χ0n) is 10.1. The van der Waals surface area contributed by atoms with Crippen molar-refractivity contribution in [1.29, 1.82) is 0 Å². The maximum atomic E-state index is 11.9. The summed E-state index contributed by atoms with van der Waals surface area (Å²) in [5, 5.41) is 8.69. The van der Waals surface area contributed by atoms with Gasteiger partial charge < -0.3 is 14.7 Å². The van der Waals surface area contributed by atoms with Crippen molar-refractivity contribution in [3.8, 4) is 5.88 Å². The number of aromatic nitrogens is 1. The molecule has 1 heterocycles. The van der Waals surface area contributed by atoms with Gasteiger partial charge in [0.15, 0.2) is 6.61 Å². The second-order valence-corrected chi connectivity index (χ2v) is 3.74. The Bertz CT molecular complexity index is 420. The van der Waals surface area contributed by atoms with Gasteiger partial charge in [-0.15, -0.1) is 0 Å². The zero-order valence-corrected chi connectivity index (χ0v) is 10.1. The Morgan fingerprint density at radius 3 is 2.63 bits per heavy atom. The number of nitrogens with zero attached hydrogens (tertiary/aromatic N) is 2. The Balaban J connectivity index is 2.63. The minimum absolute atomic E-state index is 0.158. The number of halogens is 3. The number of alkyl halides is 3. The predicted octanol–water partition coefficient (Wildman–Crippen LogP) is 1.09. The Kier molecular flexibility index (Phi) is 5.11. The van der Waals surface area contributed by atoms with Crippen LogP contribution in [-0.4, -0.2) is 53.9 Å². The van der Waals surface area contributed by atoms with E-state index in [2.05, 4.69) is 9.72 Å². The Morgan fingerprint density at radius 2 is 2.16 bits per heavy atom. The molecule has 0 bridgehead atoms. The minimum atomic E-state index is -4.43. The first-order valence-electron chi connectivity index (χ1n) is 5.35. The molecule has 0 aliphatic carbocycles. The third-order valence-electron chi connectivity index (χ3n) is 2.15. The van der Waals surface area contributed by atoms with Crippen molar-refractivity contribution in [3.05, 3.63) is 23.9 Å². The number of hydrogen-bond donors (Lipinski definition) is 1. The summed E-state index contributed by atoms with van der Waals surface area (Å²) in [6.45, 7) is -1.45. The lowest BCUT2D eigenvalue weighted by atomic mass is 10.2. The molecule has 0 spiro atoms. The molecule has 0 atom stereocenters. The van der Waals surface area contributed by atoms with E-state index in [1.807, 2.05) is 0 Å². The van der Waals surface area contributed by atoms with E-state index in [1.165, 1.54) is 24.1 Å². The Hall–Kier alpha value is -1.83. The molecule has 0 aromatic carbocycles. The average molecular weight is 278 g/mol. The van der Waals surface area contributed by atoms with Gasteiger partial charge in [0.1, 0.15) is 0 Å². The molecule has 0 saturated heterocycles.